The Kier molecular flexibility index (Phi) is 4.94. The van der Waals surface area contributed by atoms with Crippen molar-refractivity contribution in [3.63, 3.8) is 0 Å². The Hall–Kier alpha value is -0.670. The van der Waals surface area contributed by atoms with Crippen LogP contribution in [-0.4, -0.2) is 22.9 Å². The summed E-state index contributed by atoms with van der Waals surface area (Å²) in [5, 5.41) is 0.148. The second-order valence-electron chi connectivity index (χ2n) is 3.99. The lowest BCUT2D eigenvalue weighted by Gasteiger charge is -2.28. The lowest BCUT2D eigenvalue weighted by atomic mass is 10.0. The molecule has 0 spiro atoms. The van der Waals surface area contributed by atoms with E-state index in [-0.39, 0.29) is 26.0 Å². The molecule has 0 N–H and O–H groups in total. The first kappa shape index (κ1) is 16.7. The molecule has 1 aromatic rings. The summed E-state index contributed by atoms with van der Waals surface area (Å²) >= 11 is 13.3. The number of alkyl halides is 4. The first-order chi connectivity index (χ1) is 9.74. The molecule has 0 bridgehead atoms. The number of halogens is 6. The number of rotatable bonds is 2. The van der Waals surface area contributed by atoms with Crippen molar-refractivity contribution >= 4 is 57.8 Å². The summed E-state index contributed by atoms with van der Waals surface area (Å²) in [7, 11) is 0. The van der Waals surface area contributed by atoms with Gasteiger partial charge in [0.05, 0.1) is 10.6 Å². The smallest absolute Gasteiger partial charge is 0.430 e. The van der Waals surface area contributed by atoms with Crippen LogP contribution >= 0.6 is 45.8 Å². The third-order valence-electron chi connectivity index (χ3n) is 2.58. The van der Waals surface area contributed by atoms with Crippen molar-refractivity contribution in [3.8, 4) is 5.75 Å². The largest absolute Gasteiger partial charge is 0.474 e. The molecule has 9 heteroatoms. The molecular weight excluding hydrogens is 447 g/mol. The summed E-state index contributed by atoms with van der Waals surface area (Å²) in [5.41, 5.74) is -0.460. The van der Waals surface area contributed by atoms with Crippen LogP contribution in [-0.2, 0) is 9.53 Å². The van der Waals surface area contributed by atoms with Gasteiger partial charge in [0.2, 0.25) is 6.10 Å². The number of hydrogen-bond acceptors (Lipinski definition) is 3. The molecule has 3 nitrogen and oxygen atoms in total. The molecule has 0 radical (unpaired) electrons. The maximum atomic E-state index is 13.1. The van der Waals surface area contributed by atoms with E-state index in [2.05, 4.69) is 4.74 Å². The van der Waals surface area contributed by atoms with Crippen molar-refractivity contribution in [2.75, 3.05) is 4.61 Å². The number of benzene rings is 1. The van der Waals surface area contributed by atoms with E-state index in [9.17, 15) is 18.0 Å². The third-order valence-corrected chi connectivity index (χ3v) is 3.40. The van der Waals surface area contributed by atoms with Crippen LogP contribution < -0.4 is 4.74 Å². The van der Waals surface area contributed by atoms with Crippen molar-refractivity contribution in [2.45, 2.75) is 12.3 Å². The summed E-state index contributed by atoms with van der Waals surface area (Å²) in [6, 6.07) is 2.62. The summed E-state index contributed by atoms with van der Waals surface area (Å²) in [6.07, 6.45) is -6.18. The van der Waals surface area contributed by atoms with Gasteiger partial charge in [-0.3, -0.25) is 0 Å². The highest BCUT2D eigenvalue weighted by Gasteiger charge is 2.49. The Morgan fingerprint density at radius 3 is 2.62 bits per heavy atom. The van der Waals surface area contributed by atoms with Crippen LogP contribution in [0.1, 0.15) is 5.56 Å². The van der Waals surface area contributed by atoms with Crippen LogP contribution in [0.5, 0.6) is 5.75 Å². The molecule has 0 aromatic heterocycles. The number of fused-ring (bicyclic) bond motifs is 1. The predicted octanol–water partition coefficient (Wildman–Crippen LogP) is 4.64. The molecule has 1 aliphatic rings. The monoisotopic (exact) mass is 452 g/mol. The lowest BCUT2D eigenvalue weighted by Crippen LogP contribution is -2.40. The van der Waals surface area contributed by atoms with Crippen LogP contribution in [0, 0.1) is 0 Å². The second kappa shape index (κ2) is 6.21. The van der Waals surface area contributed by atoms with Gasteiger partial charge < -0.3 is 9.47 Å². The van der Waals surface area contributed by atoms with E-state index in [0.29, 0.717) is 0 Å². The minimum absolute atomic E-state index is 0.0655. The van der Waals surface area contributed by atoms with Gasteiger partial charge in [-0.2, -0.15) is 13.2 Å². The van der Waals surface area contributed by atoms with Crippen molar-refractivity contribution < 1.29 is 27.4 Å². The van der Waals surface area contributed by atoms with Gasteiger partial charge in [-0.1, -0.05) is 23.2 Å². The summed E-state index contributed by atoms with van der Waals surface area (Å²) < 4.78 is 48.6. The molecule has 0 fully saturated rings. The molecule has 1 heterocycles. The molecule has 1 unspecified atom stereocenters. The first-order valence-corrected chi connectivity index (χ1v) is 7.69. The molecule has 2 rings (SSSR count). The molecule has 1 atom stereocenters. The molecule has 21 heavy (non-hydrogen) atoms. The standard InChI is InChI=1S/C12H6Cl2F3IO3/c13-6-1-5-2-7(11(19)20-4-18)10(12(15,16)17)21-9(5)8(14)3-6/h1-3,10H,4H2. The molecular formula is C12H6Cl2F3IO3. The Balaban J connectivity index is 2.55. The number of hydrogen-bond donors (Lipinski definition) is 0. The van der Waals surface area contributed by atoms with Crippen molar-refractivity contribution in [1.82, 2.24) is 0 Å². The number of ether oxygens (including phenoxy) is 2. The van der Waals surface area contributed by atoms with E-state index in [1.54, 1.807) is 22.6 Å². The first-order valence-electron chi connectivity index (χ1n) is 5.41. The van der Waals surface area contributed by atoms with Gasteiger partial charge in [-0.25, -0.2) is 4.79 Å². The fourth-order valence-corrected chi connectivity index (χ4v) is 2.61. The van der Waals surface area contributed by atoms with Crippen LogP contribution in [0.4, 0.5) is 13.2 Å². The molecule has 114 valence electrons. The van der Waals surface area contributed by atoms with E-state index in [1.807, 2.05) is 0 Å². The highest BCUT2D eigenvalue weighted by atomic mass is 127. The average Bonchev–Trinajstić information content (AvgIpc) is 2.36. The molecule has 0 saturated heterocycles. The number of carbonyl (C=O) groups is 1. The molecule has 1 aromatic carbocycles. The molecule has 0 aliphatic carbocycles. The van der Waals surface area contributed by atoms with E-state index >= 15 is 0 Å². The van der Waals surface area contributed by atoms with E-state index in [1.165, 1.54) is 12.1 Å². The number of esters is 1. The minimum Gasteiger partial charge on any atom is -0.474 e. The highest BCUT2D eigenvalue weighted by molar-refractivity contribution is 14.1. The highest BCUT2D eigenvalue weighted by Crippen LogP contribution is 2.42. The van der Waals surface area contributed by atoms with Gasteiger partial charge in [-0.15, -0.1) is 0 Å². The second-order valence-corrected chi connectivity index (χ2v) is 5.45. The molecule has 1 aliphatic heterocycles. The van der Waals surface area contributed by atoms with Crippen molar-refractivity contribution in [3.05, 3.63) is 33.3 Å². The number of carbonyl (C=O) groups excluding carboxylic acids is 1. The van der Waals surface area contributed by atoms with Gasteiger partial charge >= 0.3 is 12.1 Å². The van der Waals surface area contributed by atoms with Gasteiger partial charge in [0.1, 0.15) is 10.4 Å². The minimum atomic E-state index is -4.78. The quantitative estimate of drug-likeness (QED) is 0.372. The van der Waals surface area contributed by atoms with Crippen LogP contribution in [0.2, 0.25) is 10.0 Å². The molecule has 0 amide bonds. The van der Waals surface area contributed by atoms with E-state index < -0.39 is 23.8 Å². The fraction of sp³-hybridized carbons (Fsp3) is 0.250. The SMILES string of the molecule is O=C(OCI)C1=Cc2cc(Cl)cc(Cl)c2OC1C(F)(F)F. The van der Waals surface area contributed by atoms with Crippen molar-refractivity contribution in [2.24, 2.45) is 0 Å². The van der Waals surface area contributed by atoms with E-state index in [4.69, 9.17) is 27.9 Å². The topological polar surface area (TPSA) is 35.5 Å². The summed E-state index contributed by atoms with van der Waals surface area (Å²) in [5.74, 6) is -1.28. The maximum Gasteiger partial charge on any atom is 0.430 e. The Morgan fingerprint density at radius 2 is 2.05 bits per heavy atom. The maximum absolute atomic E-state index is 13.1. The lowest BCUT2D eigenvalue weighted by molar-refractivity contribution is -0.187. The van der Waals surface area contributed by atoms with Gasteiger partial charge in [0, 0.05) is 10.6 Å². The van der Waals surface area contributed by atoms with Gasteiger partial charge in [0.25, 0.3) is 0 Å². The zero-order valence-corrected chi connectivity index (χ0v) is 13.7. The molecule has 0 saturated carbocycles. The van der Waals surface area contributed by atoms with Crippen LogP contribution in [0.25, 0.3) is 6.08 Å². The van der Waals surface area contributed by atoms with E-state index in [0.717, 1.165) is 6.08 Å². The third kappa shape index (κ3) is 3.57. The van der Waals surface area contributed by atoms with Crippen LogP contribution in [0.3, 0.4) is 0 Å². The summed E-state index contributed by atoms with van der Waals surface area (Å²) in [4.78, 5) is 11.7. The van der Waals surface area contributed by atoms with Gasteiger partial charge in [0.15, 0.2) is 0 Å². The zero-order chi connectivity index (χ0) is 15.8. The van der Waals surface area contributed by atoms with Crippen LogP contribution in [0.15, 0.2) is 17.7 Å². The Bertz CT molecular complexity index is 617. The summed E-state index contributed by atoms with van der Waals surface area (Å²) in [6.45, 7) is 0. The average molecular weight is 453 g/mol. The van der Waals surface area contributed by atoms with Crippen molar-refractivity contribution in [1.29, 1.82) is 0 Å². The predicted molar refractivity (Wildman–Crippen MR) is 79.9 cm³/mol. The Morgan fingerprint density at radius 1 is 1.38 bits per heavy atom. The van der Waals surface area contributed by atoms with Gasteiger partial charge in [-0.05, 0) is 40.8 Å². The normalized spacial score (nSPS) is 17.6. The fourth-order valence-electron chi connectivity index (χ4n) is 1.78. The zero-order valence-electron chi connectivity index (χ0n) is 10.0. The Labute approximate surface area is 141 Å².